The Labute approximate surface area is 211 Å². The summed E-state index contributed by atoms with van der Waals surface area (Å²) in [6.45, 7) is 8.25. The summed E-state index contributed by atoms with van der Waals surface area (Å²) in [5.74, 6) is 0.791. The second-order valence-corrected chi connectivity index (χ2v) is 10.1. The van der Waals surface area contributed by atoms with Crippen LogP contribution in [-0.2, 0) is 16.4 Å². The first-order chi connectivity index (χ1) is 16.5. The van der Waals surface area contributed by atoms with Crippen LogP contribution in [0.2, 0.25) is 0 Å². The molecule has 0 spiro atoms. The molecule has 0 atom stereocenters. The molecule has 0 amide bonds. The zero-order chi connectivity index (χ0) is 25.6. The number of nitrogens with zero attached hydrogens (tertiary/aromatic N) is 3. The average Bonchev–Trinajstić information content (AvgIpc) is 2.76. The Morgan fingerprint density at radius 1 is 1.00 bits per heavy atom. The highest BCUT2D eigenvalue weighted by Crippen LogP contribution is 2.17. The maximum atomic E-state index is 11.5. The number of nitrogens with one attached hydrogen (secondary N) is 3. The topological polar surface area (TPSA) is 134 Å². The van der Waals surface area contributed by atoms with Crippen LogP contribution in [0.3, 0.4) is 0 Å². The molecule has 184 valence electrons. The minimum atomic E-state index is -3.72. The van der Waals surface area contributed by atoms with Gasteiger partial charge >= 0.3 is 0 Å². The third-order valence-electron chi connectivity index (χ3n) is 5.22. The highest BCUT2D eigenvalue weighted by atomic mass is 32.2. The van der Waals surface area contributed by atoms with Crippen molar-refractivity contribution < 1.29 is 8.42 Å². The molecule has 0 saturated carbocycles. The Morgan fingerprint density at radius 2 is 1.66 bits per heavy atom. The molecule has 9 nitrogen and oxygen atoms in total. The van der Waals surface area contributed by atoms with E-state index >= 15 is 0 Å². The minimum Gasteiger partial charge on any atom is -0.332 e. The van der Waals surface area contributed by atoms with Crippen molar-refractivity contribution in [2.24, 2.45) is 10.1 Å². The maximum Gasteiger partial charge on any atom is 0.238 e. The number of aryl methyl sites for hydroxylation is 3. The summed E-state index contributed by atoms with van der Waals surface area (Å²) in [6.07, 6.45) is 0.572. The number of aromatic nitrogens is 2. The summed E-state index contributed by atoms with van der Waals surface area (Å²) in [5.41, 5.74) is 5.72. The number of rotatable bonds is 6. The quantitative estimate of drug-likeness (QED) is 0.225. The molecule has 0 aliphatic rings. The van der Waals surface area contributed by atoms with E-state index in [4.69, 9.17) is 17.4 Å². The van der Waals surface area contributed by atoms with E-state index in [0.717, 1.165) is 33.8 Å². The maximum absolute atomic E-state index is 11.5. The Kier molecular flexibility index (Phi) is 8.49. The summed E-state index contributed by atoms with van der Waals surface area (Å²) in [5, 5.41) is 15.0. The van der Waals surface area contributed by atoms with E-state index in [0.29, 0.717) is 30.0 Å². The molecular weight excluding hydrogens is 482 g/mol. The lowest BCUT2D eigenvalue weighted by Gasteiger charge is -2.16. The van der Waals surface area contributed by atoms with Crippen molar-refractivity contribution in [2.75, 3.05) is 17.2 Å². The first kappa shape index (κ1) is 26.2. The largest absolute Gasteiger partial charge is 0.332 e. The van der Waals surface area contributed by atoms with Gasteiger partial charge in [0.05, 0.1) is 4.90 Å². The van der Waals surface area contributed by atoms with Gasteiger partial charge in [0.2, 0.25) is 21.9 Å². The van der Waals surface area contributed by atoms with Gasteiger partial charge in [0.15, 0.2) is 5.11 Å². The van der Waals surface area contributed by atoms with Crippen LogP contribution in [0.15, 0.2) is 58.4 Å². The van der Waals surface area contributed by atoms with Crippen LogP contribution in [0, 0.1) is 27.7 Å². The molecule has 0 radical (unpaired) electrons. The van der Waals surface area contributed by atoms with Crippen LogP contribution in [-0.4, -0.2) is 36.0 Å². The number of aliphatic imine (C=N–C) groups is 1. The molecule has 1 heterocycles. The summed E-state index contributed by atoms with van der Waals surface area (Å²) < 4.78 is 22.9. The molecule has 2 aromatic carbocycles. The van der Waals surface area contributed by atoms with Crippen molar-refractivity contribution in [3.05, 3.63) is 76.6 Å². The standard InChI is InChI=1S/C24H29N7O2S2/c1-15-6-5-7-21(18(15)4)29-24(34)31-22(30-23-27-16(2)14-17(3)28-23)26-13-12-19-8-10-20(11-9-19)35(25,32)33/h5-11,14H,12-13H2,1-4H3,(H2,25,32,33)(H3,26,27,28,29,30,31,34). The van der Waals surface area contributed by atoms with Gasteiger partial charge in [-0.05, 0) is 87.3 Å². The smallest absolute Gasteiger partial charge is 0.238 e. The van der Waals surface area contributed by atoms with Crippen LogP contribution in [0.1, 0.15) is 28.1 Å². The molecule has 0 fully saturated rings. The summed E-state index contributed by atoms with van der Waals surface area (Å²) >= 11 is 5.52. The van der Waals surface area contributed by atoms with Gasteiger partial charge in [-0.2, -0.15) is 0 Å². The van der Waals surface area contributed by atoms with E-state index in [9.17, 15) is 8.42 Å². The summed E-state index contributed by atoms with van der Waals surface area (Å²) in [6, 6.07) is 14.2. The van der Waals surface area contributed by atoms with E-state index < -0.39 is 10.0 Å². The van der Waals surface area contributed by atoms with Gasteiger partial charge in [0.25, 0.3) is 0 Å². The fourth-order valence-electron chi connectivity index (χ4n) is 3.29. The third-order valence-corrected chi connectivity index (χ3v) is 6.35. The zero-order valence-electron chi connectivity index (χ0n) is 20.1. The highest BCUT2D eigenvalue weighted by Gasteiger charge is 2.10. The third kappa shape index (κ3) is 7.81. The number of benzene rings is 2. The van der Waals surface area contributed by atoms with Gasteiger partial charge in [0.1, 0.15) is 0 Å². The minimum absolute atomic E-state index is 0.0728. The predicted octanol–water partition coefficient (Wildman–Crippen LogP) is 3.35. The molecule has 35 heavy (non-hydrogen) atoms. The molecule has 11 heteroatoms. The van der Waals surface area contributed by atoms with Crippen LogP contribution in [0.25, 0.3) is 0 Å². The van der Waals surface area contributed by atoms with Gasteiger partial charge in [-0.25, -0.2) is 23.5 Å². The van der Waals surface area contributed by atoms with Crippen molar-refractivity contribution >= 4 is 44.9 Å². The molecule has 0 saturated heterocycles. The molecular formula is C24H29N7O2S2. The van der Waals surface area contributed by atoms with Crippen molar-refractivity contribution in [3.8, 4) is 0 Å². The molecule has 0 aliphatic carbocycles. The van der Waals surface area contributed by atoms with E-state index in [-0.39, 0.29) is 4.90 Å². The number of hydrogen-bond donors (Lipinski definition) is 4. The number of primary sulfonamides is 1. The van der Waals surface area contributed by atoms with E-state index in [2.05, 4.69) is 30.9 Å². The number of guanidine groups is 1. The number of sulfonamides is 1. The second kappa shape index (κ2) is 11.3. The van der Waals surface area contributed by atoms with Crippen LogP contribution >= 0.6 is 12.2 Å². The SMILES string of the molecule is Cc1cc(C)nc(NC(=NCCc2ccc(S(N)(=O)=O)cc2)NC(=S)Nc2cccc(C)c2C)n1. The lowest BCUT2D eigenvalue weighted by atomic mass is 10.1. The number of thiocarbonyl (C=S) groups is 1. The van der Waals surface area contributed by atoms with Crippen molar-refractivity contribution in [1.29, 1.82) is 0 Å². The van der Waals surface area contributed by atoms with Crippen molar-refractivity contribution in [2.45, 2.75) is 39.0 Å². The average molecular weight is 512 g/mol. The Bertz CT molecular complexity index is 1330. The van der Waals surface area contributed by atoms with Crippen LogP contribution < -0.4 is 21.1 Å². The van der Waals surface area contributed by atoms with Crippen LogP contribution in [0.5, 0.6) is 0 Å². The fraction of sp³-hybridized carbons (Fsp3) is 0.250. The normalized spacial score (nSPS) is 11.7. The number of nitrogens with two attached hydrogens (primary N) is 1. The summed E-state index contributed by atoms with van der Waals surface area (Å²) in [4.78, 5) is 13.5. The van der Waals surface area contributed by atoms with Gasteiger partial charge in [-0.3, -0.25) is 10.3 Å². The van der Waals surface area contributed by atoms with E-state index in [1.165, 1.54) is 12.1 Å². The summed E-state index contributed by atoms with van der Waals surface area (Å²) in [7, 11) is -3.72. The molecule has 3 rings (SSSR count). The van der Waals surface area contributed by atoms with Gasteiger partial charge < -0.3 is 10.6 Å². The lowest BCUT2D eigenvalue weighted by molar-refractivity contribution is 0.598. The van der Waals surface area contributed by atoms with Crippen molar-refractivity contribution in [1.82, 2.24) is 15.3 Å². The number of anilines is 2. The zero-order valence-corrected chi connectivity index (χ0v) is 21.7. The van der Waals surface area contributed by atoms with Gasteiger partial charge in [-0.1, -0.05) is 24.3 Å². The molecule has 0 aliphatic heterocycles. The first-order valence-corrected chi connectivity index (χ1v) is 12.9. The Balaban J connectivity index is 1.75. The Morgan fingerprint density at radius 3 is 2.29 bits per heavy atom. The van der Waals surface area contributed by atoms with E-state index in [1.807, 2.05) is 52.0 Å². The molecule has 0 bridgehead atoms. The monoisotopic (exact) mass is 511 g/mol. The first-order valence-electron chi connectivity index (χ1n) is 10.9. The lowest BCUT2D eigenvalue weighted by Crippen LogP contribution is -2.39. The second-order valence-electron chi connectivity index (χ2n) is 8.10. The van der Waals surface area contributed by atoms with Crippen molar-refractivity contribution in [3.63, 3.8) is 0 Å². The van der Waals surface area contributed by atoms with Gasteiger partial charge in [-0.15, -0.1) is 0 Å². The Hall–Kier alpha value is -3.41. The highest BCUT2D eigenvalue weighted by molar-refractivity contribution is 7.89. The number of hydrogen-bond acceptors (Lipinski definition) is 6. The molecule has 5 N–H and O–H groups in total. The fourth-order valence-corrected chi connectivity index (χ4v) is 4.01. The van der Waals surface area contributed by atoms with Gasteiger partial charge in [0, 0.05) is 23.6 Å². The van der Waals surface area contributed by atoms with E-state index in [1.54, 1.807) is 12.1 Å². The van der Waals surface area contributed by atoms with Crippen LogP contribution in [0.4, 0.5) is 11.6 Å². The molecule has 0 unspecified atom stereocenters. The molecule has 1 aromatic heterocycles. The predicted molar refractivity (Wildman–Crippen MR) is 144 cm³/mol. The molecule has 3 aromatic rings.